The van der Waals surface area contributed by atoms with Crippen LogP contribution in [0.3, 0.4) is 0 Å². The highest BCUT2D eigenvalue weighted by molar-refractivity contribution is 5.15. The second kappa shape index (κ2) is 5.24. The van der Waals surface area contributed by atoms with Gasteiger partial charge < -0.3 is 4.90 Å². The smallest absolute Gasteiger partial charge is 0.0162 e. The average Bonchev–Trinajstić information content (AvgIpc) is 1.85. The van der Waals surface area contributed by atoms with E-state index in [4.69, 9.17) is 0 Å². The molecule has 0 aliphatic carbocycles. The SMILES string of the molecule is C/C=C\C(C)=C/CN(C)C. The van der Waals surface area contributed by atoms with Crippen molar-refractivity contribution >= 4 is 0 Å². The summed E-state index contributed by atoms with van der Waals surface area (Å²) >= 11 is 0. The molecule has 0 aromatic carbocycles. The molecule has 0 bridgehead atoms. The summed E-state index contributed by atoms with van der Waals surface area (Å²) in [5.74, 6) is 0. The van der Waals surface area contributed by atoms with Crippen LogP contribution in [0.5, 0.6) is 0 Å². The van der Waals surface area contributed by atoms with E-state index in [1.165, 1.54) is 5.57 Å². The minimum atomic E-state index is 1.02. The van der Waals surface area contributed by atoms with Crippen molar-refractivity contribution in [2.24, 2.45) is 0 Å². The molecule has 10 heavy (non-hydrogen) atoms. The van der Waals surface area contributed by atoms with Gasteiger partial charge in [0.1, 0.15) is 0 Å². The van der Waals surface area contributed by atoms with Crippen molar-refractivity contribution in [2.75, 3.05) is 20.6 Å². The van der Waals surface area contributed by atoms with Crippen molar-refractivity contribution < 1.29 is 0 Å². The molecule has 0 aliphatic heterocycles. The molecule has 0 rings (SSSR count). The summed E-state index contributed by atoms with van der Waals surface area (Å²) in [4.78, 5) is 2.15. The van der Waals surface area contributed by atoms with Crippen molar-refractivity contribution in [3.63, 3.8) is 0 Å². The molecule has 0 amide bonds. The van der Waals surface area contributed by atoms with Gasteiger partial charge in [-0.05, 0) is 27.9 Å². The highest BCUT2D eigenvalue weighted by Gasteiger charge is 1.83. The Kier molecular flexibility index (Phi) is 4.95. The summed E-state index contributed by atoms with van der Waals surface area (Å²) in [6, 6.07) is 0. The van der Waals surface area contributed by atoms with E-state index < -0.39 is 0 Å². The zero-order valence-corrected chi connectivity index (χ0v) is 7.39. The van der Waals surface area contributed by atoms with Gasteiger partial charge >= 0.3 is 0 Å². The lowest BCUT2D eigenvalue weighted by Crippen LogP contribution is -2.10. The molecule has 0 saturated heterocycles. The first-order valence-electron chi connectivity index (χ1n) is 3.61. The molecule has 0 heterocycles. The Morgan fingerprint density at radius 3 is 2.40 bits per heavy atom. The van der Waals surface area contributed by atoms with Crippen LogP contribution in [0.2, 0.25) is 0 Å². The molecule has 58 valence electrons. The van der Waals surface area contributed by atoms with Gasteiger partial charge in [0.25, 0.3) is 0 Å². The largest absolute Gasteiger partial charge is 0.306 e. The molecule has 0 unspecified atom stereocenters. The maximum Gasteiger partial charge on any atom is 0.0162 e. The Labute approximate surface area is 64.0 Å². The fourth-order valence-corrected chi connectivity index (χ4v) is 0.657. The van der Waals surface area contributed by atoms with Crippen LogP contribution >= 0.6 is 0 Å². The van der Waals surface area contributed by atoms with E-state index in [9.17, 15) is 0 Å². The molecule has 0 saturated carbocycles. The highest BCUT2D eigenvalue weighted by Crippen LogP contribution is 1.93. The van der Waals surface area contributed by atoms with Crippen LogP contribution in [0.4, 0.5) is 0 Å². The molecule has 0 aromatic heterocycles. The molecule has 0 radical (unpaired) electrons. The first kappa shape index (κ1) is 9.44. The summed E-state index contributed by atoms with van der Waals surface area (Å²) in [6.07, 6.45) is 6.38. The fraction of sp³-hybridized carbons (Fsp3) is 0.556. The normalized spacial score (nSPS) is 13.5. The zero-order chi connectivity index (χ0) is 7.98. The van der Waals surface area contributed by atoms with E-state index in [2.05, 4.69) is 44.1 Å². The maximum atomic E-state index is 2.21. The summed E-state index contributed by atoms with van der Waals surface area (Å²) in [5.41, 5.74) is 1.33. The Hall–Kier alpha value is -0.560. The summed E-state index contributed by atoms with van der Waals surface area (Å²) in [7, 11) is 4.14. The third-order valence-corrected chi connectivity index (χ3v) is 1.21. The van der Waals surface area contributed by atoms with Gasteiger partial charge in [-0.2, -0.15) is 0 Å². The number of nitrogens with zero attached hydrogens (tertiary/aromatic N) is 1. The second-order valence-electron chi connectivity index (χ2n) is 2.71. The lowest BCUT2D eigenvalue weighted by Gasteiger charge is -2.04. The average molecular weight is 139 g/mol. The lowest BCUT2D eigenvalue weighted by atomic mass is 10.2. The molecule has 0 fully saturated rings. The number of allylic oxidation sites excluding steroid dienone is 3. The molecule has 0 aromatic rings. The highest BCUT2D eigenvalue weighted by atomic mass is 15.0. The van der Waals surface area contributed by atoms with Crippen molar-refractivity contribution in [3.05, 3.63) is 23.8 Å². The van der Waals surface area contributed by atoms with Gasteiger partial charge in [-0.1, -0.05) is 23.8 Å². The van der Waals surface area contributed by atoms with E-state index in [1.54, 1.807) is 0 Å². The topological polar surface area (TPSA) is 3.24 Å². The number of likely N-dealkylation sites (N-methyl/N-ethyl adjacent to an activating group) is 1. The van der Waals surface area contributed by atoms with Gasteiger partial charge in [0.15, 0.2) is 0 Å². The van der Waals surface area contributed by atoms with Crippen molar-refractivity contribution in [3.8, 4) is 0 Å². The predicted molar refractivity (Wildman–Crippen MR) is 47.1 cm³/mol. The van der Waals surface area contributed by atoms with Crippen LogP contribution < -0.4 is 0 Å². The third-order valence-electron chi connectivity index (χ3n) is 1.21. The summed E-state index contributed by atoms with van der Waals surface area (Å²) in [6.45, 7) is 5.17. The Balaban J connectivity index is 3.68. The molecule has 0 atom stereocenters. The van der Waals surface area contributed by atoms with E-state index in [0.29, 0.717) is 0 Å². The van der Waals surface area contributed by atoms with Gasteiger partial charge in [-0.3, -0.25) is 0 Å². The predicted octanol–water partition coefficient (Wildman–Crippen LogP) is 2.07. The van der Waals surface area contributed by atoms with Crippen LogP contribution in [0, 0.1) is 0 Å². The standard InChI is InChI=1S/C9H17N/c1-5-6-9(2)7-8-10(3)4/h5-7H,8H2,1-4H3/b6-5-,9-7-. The monoisotopic (exact) mass is 139 g/mol. The van der Waals surface area contributed by atoms with Gasteiger partial charge in [0.2, 0.25) is 0 Å². The van der Waals surface area contributed by atoms with Crippen molar-refractivity contribution in [1.82, 2.24) is 4.90 Å². The van der Waals surface area contributed by atoms with Gasteiger partial charge in [-0.25, -0.2) is 0 Å². The number of rotatable bonds is 3. The summed E-state index contributed by atoms with van der Waals surface area (Å²) in [5, 5.41) is 0. The first-order chi connectivity index (χ1) is 4.66. The van der Waals surface area contributed by atoms with Crippen LogP contribution in [0.15, 0.2) is 23.8 Å². The molecule has 0 aliphatic rings. The number of hydrogen-bond donors (Lipinski definition) is 0. The van der Waals surface area contributed by atoms with E-state index in [0.717, 1.165) is 6.54 Å². The molecular formula is C9H17N. The second-order valence-corrected chi connectivity index (χ2v) is 2.71. The van der Waals surface area contributed by atoms with Crippen LogP contribution in [0.1, 0.15) is 13.8 Å². The first-order valence-corrected chi connectivity index (χ1v) is 3.61. The fourth-order valence-electron chi connectivity index (χ4n) is 0.657. The lowest BCUT2D eigenvalue weighted by molar-refractivity contribution is 0.456. The third kappa shape index (κ3) is 5.57. The zero-order valence-electron chi connectivity index (χ0n) is 7.39. The Morgan fingerprint density at radius 1 is 1.40 bits per heavy atom. The van der Waals surface area contributed by atoms with E-state index >= 15 is 0 Å². The molecule has 0 N–H and O–H groups in total. The minimum absolute atomic E-state index is 1.02. The van der Waals surface area contributed by atoms with Crippen LogP contribution in [-0.4, -0.2) is 25.5 Å². The van der Waals surface area contributed by atoms with E-state index in [-0.39, 0.29) is 0 Å². The van der Waals surface area contributed by atoms with Crippen molar-refractivity contribution in [1.29, 1.82) is 0 Å². The van der Waals surface area contributed by atoms with Gasteiger partial charge in [0, 0.05) is 6.54 Å². The molecular weight excluding hydrogens is 122 g/mol. The Morgan fingerprint density at radius 2 is 2.00 bits per heavy atom. The molecule has 1 heteroatoms. The van der Waals surface area contributed by atoms with Gasteiger partial charge in [0.05, 0.1) is 0 Å². The van der Waals surface area contributed by atoms with Crippen LogP contribution in [0.25, 0.3) is 0 Å². The maximum absolute atomic E-state index is 2.21. The van der Waals surface area contributed by atoms with Gasteiger partial charge in [-0.15, -0.1) is 0 Å². The molecule has 0 spiro atoms. The quantitative estimate of drug-likeness (QED) is 0.541. The minimum Gasteiger partial charge on any atom is -0.306 e. The summed E-state index contributed by atoms with van der Waals surface area (Å²) < 4.78 is 0. The molecule has 1 nitrogen and oxygen atoms in total. The Bertz CT molecular complexity index is 132. The van der Waals surface area contributed by atoms with E-state index in [1.807, 2.05) is 6.92 Å². The number of hydrogen-bond acceptors (Lipinski definition) is 1. The van der Waals surface area contributed by atoms with Crippen LogP contribution in [-0.2, 0) is 0 Å². The van der Waals surface area contributed by atoms with Crippen molar-refractivity contribution in [2.45, 2.75) is 13.8 Å².